The van der Waals surface area contributed by atoms with Gasteiger partial charge in [0.25, 0.3) is 17.1 Å². The fourth-order valence-corrected chi connectivity index (χ4v) is 0.896. The molecule has 21 heavy (non-hydrogen) atoms. The lowest BCUT2D eigenvalue weighted by Gasteiger charge is -1.93. The van der Waals surface area contributed by atoms with Crippen LogP contribution in [0.25, 0.3) is 0 Å². The second-order valence-corrected chi connectivity index (χ2v) is 3.30. The quantitative estimate of drug-likeness (QED) is 0.619. The molecule has 0 aromatic heterocycles. The van der Waals surface area contributed by atoms with Gasteiger partial charge in [0.1, 0.15) is 0 Å². The molecule has 0 fully saturated rings. The summed E-state index contributed by atoms with van der Waals surface area (Å²) in [5.41, 5.74) is 7.64. The van der Waals surface area contributed by atoms with Crippen LogP contribution in [-0.4, -0.2) is 27.9 Å². The highest BCUT2D eigenvalue weighted by molar-refractivity contribution is 5.52. The third-order valence-corrected chi connectivity index (χ3v) is 1.52. The van der Waals surface area contributed by atoms with Crippen LogP contribution in [0.2, 0.25) is 0 Å². The maximum atomic E-state index is 10.3. The van der Waals surface area contributed by atoms with Crippen LogP contribution in [0.1, 0.15) is 13.8 Å². The smallest absolute Gasteiger partial charge is 0.283 e. The van der Waals surface area contributed by atoms with Crippen molar-refractivity contribution in [1.29, 1.82) is 0 Å². The second-order valence-electron chi connectivity index (χ2n) is 3.30. The van der Waals surface area contributed by atoms with Crippen LogP contribution in [-0.2, 0) is 0 Å². The average molecular weight is 303 g/mol. The molecule has 0 spiro atoms. The zero-order valence-corrected chi connectivity index (χ0v) is 11.6. The molecule has 1 aromatic carbocycles. The van der Waals surface area contributed by atoms with Crippen molar-refractivity contribution < 1.29 is 14.8 Å². The first kappa shape index (κ1) is 20.7. The predicted molar refractivity (Wildman–Crippen MR) is 75.9 cm³/mol. The maximum absolute atomic E-state index is 10.3. The van der Waals surface area contributed by atoms with E-state index in [4.69, 9.17) is 11.5 Å². The SMILES string of the molecule is CCN.CCN.O=[N+]([O-])c1cc([N+](=O)[O-])cc([N+](=O)[O-])c1. The van der Waals surface area contributed by atoms with Gasteiger partial charge in [0.2, 0.25) is 0 Å². The standard InChI is InChI=1S/C6H3N3O6.2C2H7N/c10-7(11)4-1-5(8(12)13)3-6(2-4)9(14)15;2*1-2-3/h1-3H;2*2-3H2,1H3. The van der Waals surface area contributed by atoms with E-state index < -0.39 is 31.8 Å². The summed E-state index contributed by atoms with van der Waals surface area (Å²) in [6, 6.07) is 1.98. The normalized spacial score (nSPS) is 8.57. The molecule has 0 aliphatic rings. The number of hydrogen-bond acceptors (Lipinski definition) is 8. The molecule has 0 unspecified atom stereocenters. The molecule has 0 saturated heterocycles. The zero-order chi connectivity index (χ0) is 17.0. The van der Waals surface area contributed by atoms with Gasteiger partial charge in [-0.1, -0.05) is 13.8 Å². The van der Waals surface area contributed by atoms with Gasteiger partial charge >= 0.3 is 0 Å². The first-order valence-electron chi connectivity index (χ1n) is 5.73. The second kappa shape index (κ2) is 11.2. The predicted octanol–water partition coefficient (Wildman–Crippen LogP) is 1.34. The van der Waals surface area contributed by atoms with Crippen molar-refractivity contribution in [3.05, 3.63) is 48.5 Å². The monoisotopic (exact) mass is 303 g/mol. The Kier molecular flexibility index (Phi) is 11.0. The van der Waals surface area contributed by atoms with E-state index in [1.54, 1.807) is 0 Å². The van der Waals surface area contributed by atoms with Crippen LogP contribution in [0.5, 0.6) is 0 Å². The lowest BCUT2D eigenvalue weighted by molar-refractivity contribution is -0.403. The molecule has 118 valence electrons. The van der Waals surface area contributed by atoms with E-state index >= 15 is 0 Å². The van der Waals surface area contributed by atoms with Crippen molar-refractivity contribution in [2.45, 2.75) is 13.8 Å². The Hall–Kier alpha value is -2.66. The minimum absolute atomic E-state index is 0.660. The number of nitro groups is 3. The molecular weight excluding hydrogens is 286 g/mol. The van der Waals surface area contributed by atoms with Gasteiger partial charge in [-0.25, -0.2) is 0 Å². The molecule has 0 atom stereocenters. The summed E-state index contributed by atoms with van der Waals surface area (Å²) in [4.78, 5) is 28.1. The number of rotatable bonds is 3. The molecule has 0 aliphatic heterocycles. The highest BCUT2D eigenvalue weighted by Crippen LogP contribution is 2.26. The molecule has 1 rings (SSSR count). The van der Waals surface area contributed by atoms with Crippen LogP contribution in [0.4, 0.5) is 17.1 Å². The molecule has 0 radical (unpaired) electrons. The molecule has 4 N–H and O–H groups in total. The van der Waals surface area contributed by atoms with E-state index in [1.807, 2.05) is 13.8 Å². The fourth-order valence-electron chi connectivity index (χ4n) is 0.896. The highest BCUT2D eigenvalue weighted by atomic mass is 16.6. The summed E-state index contributed by atoms with van der Waals surface area (Å²) in [6.07, 6.45) is 0. The molecule has 0 bridgehead atoms. The molecule has 0 saturated carbocycles. The largest absolute Gasteiger partial charge is 0.331 e. The summed E-state index contributed by atoms with van der Waals surface area (Å²) in [5.74, 6) is 0. The van der Waals surface area contributed by atoms with E-state index in [2.05, 4.69) is 0 Å². The van der Waals surface area contributed by atoms with E-state index in [1.165, 1.54) is 0 Å². The summed E-state index contributed by atoms with van der Waals surface area (Å²) in [5, 5.41) is 30.9. The number of benzene rings is 1. The molecule has 0 aliphatic carbocycles. The lowest BCUT2D eigenvalue weighted by atomic mass is 10.2. The van der Waals surface area contributed by atoms with Gasteiger partial charge in [0, 0.05) is 0 Å². The Balaban J connectivity index is 0. The van der Waals surface area contributed by atoms with E-state index in [-0.39, 0.29) is 0 Å². The average Bonchev–Trinajstić information content (AvgIpc) is 2.39. The maximum Gasteiger partial charge on any atom is 0.283 e. The molecular formula is C10H17N5O6. The third-order valence-electron chi connectivity index (χ3n) is 1.52. The van der Waals surface area contributed by atoms with Crippen molar-refractivity contribution in [1.82, 2.24) is 0 Å². The number of nitrogens with zero attached hydrogens (tertiary/aromatic N) is 3. The molecule has 1 aromatic rings. The number of nitrogens with two attached hydrogens (primary N) is 2. The molecule has 11 heteroatoms. The number of nitro benzene ring substituents is 3. The van der Waals surface area contributed by atoms with Crippen LogP contribution in [0.3, 0.4) is 0 Å². The zero-order valence-electron chi connectivity index (χ0n) is 11.6. The first-order valence-corrected chi connectivity index (χ1v) is 5.73. The van der Waals surface area contributed by atoms with E-state index in [0.29, 0.717) is 18.2 Å². The Labute approximate surface area is 120 Å². The number of non-ortho nitro benzene ring substituents is 3. The highest BCUT2D eigenvalue weighted by Gasteiger charge is 2.21. The summed E-state index contributed by atoms with van der Waals surface area (Å²) in [7, 11) is 0. The Morgan fingerprint density at radius 3 is 1.00 bits per heavy atom. The van der Waals surface area contributed by atoms with Crippen LogP contribution >= 0.6 is 0 Å². The van der Waals surface area contributed by atoms with Gasteiger partial charge in [-0.3, -0.25) is 30.3 Å². The van der Waals surface area contributed by atoms with Crippen molar-refractivity contribution in [3.63, 3.8) is 0 Å². The van der Waals surface area contributed by atoms with Crippen LogP contribution in [0, 0.1) is 30.3 Å². The van der Waals surface area contributed by atoms with Gasteiger partial charge in [-0.2, -0.15) is 0 Å². The Morgan fingerprint density at radius 1 is 0.762 bits per heavy atom. The fraction of sp³-hybridized carbons (Fsp3) is 0.400. The summed E-state index contributed by atoms with van der Waals surface area (Å²) in [6.45, 7) is 5.31. The topological polar surface area (TPSA) is 181 Å². The van der Waals surface area contributed by atoms with Gasteiger partial charge in [-0.15, -0.1) is 0 Å². The Morgan fingerprint density at radius 2 is 0.905 bits per heavy atom. The van der Waals surface area contributed by atoms with Crippen LogP contribution in [0.15, 0.2) is 18.2 Å². The summed E-state index contributed by atoms with van der Waals surface area (Å²) >= 11 is 0. The van der Waals surface area contributed by atoms with Gasteiger partial charge in [-0.05, 0) is 13.1 Å². The van der Waals surface area contributed by atoms with Crippen molar-refractivity contribution in [3.8, 4) is 0 Å². The van der Waals surface area contributed by atoms with Gasteiger partial charge in [0.15, 0.2) is 0 Å². The van der Waals surface area contributed by atoms with Crippen LogP contribution < -0.4 is 11.5 Å². The molecule has 11 nitrogen and oxygen atoms in total. The minimum Gasteiger partial charge on any atom is -0.331 e. The summed E-state index contributed by atoms with van der Waals surface area (Å²) < 4.78 is 0. The van der Waals surface area contributed by atoms with E-state index in [9.17, 15) is 30.3 Å². The molecule has 0 heterocycles. The van der Waals surface area contributed by atoms with E-state index in [0.717, 1.165) is 13.1 Å². The van der Waals surface area contributed by atoms with Gasteiger partial charge < -0.3 is 11.5 Å². The lowest BCUT2D eigenvalue weighted by Crippen LogP contribution is -1.96. The Bertz CT molecular complexity index is 412. The van der Waals surface area contributed by atoms with Crippen molar-refractivity contribution >= 4 is 17.1 Å². The first-order chi connectivity index (χ1) is 9.74. The molecule has 0 amide bonds. The third kappa shape index (κ3) is 8.96. The minimum atomic E-state index is -0.931. The van der Waals surface area contributed by atoms with Crippen molar-refractivity contribution in [2.24, 2.45) is 11.5 Å². The number of hydrogen-bond donors (Lipinski definition) is 2. The van der Waals surface area contributed by atoms with Gasteiger partial charge in [0.05, 0.1) is 33.0 Å². The van der Waals surface area contributed by atoms with Crippen molar-refractivity contribution in [2.75, 3.05) is 13.1 Å².